The maximum Gasteiger partial charge on any atom is 0.408 e. The van der Waals surface area contributed by atoms with Gasteiger partial charge in [0.15, 0.2) is 5.78 Å². The maximum absolute atomic E-state index is 13.4. The number of benzene rings is 1. The molecule has 0 aromatic heterocycles. The number of β-amino-alcohol motifs (C(OH)–C–C–N with tert-alkyl or cyclic N) is 1. The Kier molecular flexibility index (Phi) is 8.83. The van der Waals surface area contributed by atoms with E-state index < -0.39 is 53.8 Å². The van der Waals surface area contributed by atoms with Crippen LogP contribution in [0.1, 0.15) is 53.5 Å². The van der Waals surface area contributed by atoms with E-state index in [0.29, 0.717) is 0 Å². The molecule has 0 saturated carbocycles. The average molecular weight is 477 g/mol. The third-order valence-electron chi connectivity index (χ3n) is 5.23. The second-order valence-electron chi connectivity index (χ2n) is 10.6. The zero-order valence-electron chi connectivity index (χ0n) is 20.8. The summed E-state index contributed by atoms with van der Waals surface area (Å²) >= 11 is 0. The first-order chi connectivity index (χ1) is 15.7. The van der Waals surface area contributed by atoms with E-state index in [2.05, 4.69) is 5.32 Å². The highest BCUT2D eigenvalue weighted by atomic mass is 16.6. The maximum atomic E-state index is 13.4. The van der Waals surface area contributed by atoms with Crippen LogP contribution in [-0.2, 0) is 30.3 Å². The monoisotopic (exact) mass is 476 g/mol. The Morgan fingerprint density at radius 2 is 1.71 bits per heavy atom. The Bertz CT molecular complexity index is 887. The molecule has 0 unspecified atom stereocenters. The minimum atomic E-state index is -1.06. The van der Waals surface area contributed by atoms with Gasteiger partial charge in [-0.2, -0.15) is 0 Å². The van der Waals surface area contributed by atoms with Crippen molar-refractivity contribution in [1.29, 1.82) is 0 Å². The van der Waals surface area contributed by atoms with Gasteiger partial charge in [-0.3, -0.25) is 9.59 Å². The Balaban J connectivity index is 2.07. The molecule has 9 nitrogen and oxygen atoms in total. The minimum absolute atomic E-state index is 0.0131. The standard InChI is InChI=1S/C25H36N2O7/c1-24(2,3)20(26-23(32)34-25(4,5)6)21(30)27-14-17(28)13-19(27)22(31)33-15-18(29)12-16-10-8-7-9-11-16/h7-11,17,19-20,28H,12-15H2,1-6H3,(H,26,32)/t17-,19+,20-/m1/s1. The molecule has 2 rings (SSSR count). The van der Waals surface area contributed by atoms with Gasteiger partial charge in [-0.25, -0.2) is 9.59 Å². The van der Waals surface area contributed by atoms with Gasteiger partial charge in [0, 0.05) is 19.4 Å². The number of amides is 2. The Morgan fingerprint density at radius 1 is 1.09 bits per heavy atom. The first-order valence-electron chi connectivity index (χ1n) is 11.4. The normalized spacial score (nSPS) is 19.3. The van der Waals surface area contributed by atoms with E-state index in [1.807, 2.05) is 18.2 Å². The first kappa shape index (κ1) is 27.3. The summed E-state index contributed by atoms with van der Waals surface area (Å²) in [6.07, 6.45) is -1.58. The third kappa shape index (κ3) is 8.13. The summed E-state index contributed by atoms with van der Waals surface area (Å²) in [6, 6.07) is 7.01. The fraction of sp³-hybridized carbons (Fsp3) is 0.600. The second kappa shape index (κ2) is 11.0. The number of alkyl carbamates (subject to hydrolysis) is 1. The molecule has 1 aromatic carbocycles. The third-order valence-corrected chi connectivity index (χ3v) is 5.23. The van der Waals surface area contributed by atoms with Gasteiger partial charge in [0.05, 0.1) is 6.10 Å². The smallest absolute Gasteiger partial charge is 0.408 e. The molecular weight excluding hydrogens is 440 g/mol. The molecule has 1 aliphatic heterocycles. The number of carbonyl (C=O) groups is 4. The molecule has 0 radical (unpaired) electrons. The van der Waals surface area contributed by atoms with Gasteiger partial charge in [0.1, 0.15) is 24.3 Å². The van der Waals surface area contributed by atoms with Crippen LogP contribution in [0.2, 0.25) is 0 Å². The number of aliphatic hydroxyl groups is 1. The van der Waals surface area contributed by atoms with Crippen molar-refractivity contribution in [2.45, 2.75) is 78.2 Å². The van der Waals surface area contributed by atoms with Crippen molar-refractivity contribution in [1.82, 2.24) is 10.2 Å². The zero-order valence-corrected chi connectivity index (χ0v) is 20.8. The van der Waals surface area contributed by atoms with Gasteiger partial charge in [0.25, 0.3) is 0 Å². The minimum Gasteiger partial charge on any atom is -0.456 e. The number of nitrogens with one attached hydrogen (secondary N) is 1. The summed E-state index contributed by atoms with van der Waals surface area (Å²) in [5.41, 5.74) is -0.655. The fourth-order valence-corrected chi connectivity index (χ4v) is 3.64. The quantitative estimate of drug-likeness (QED) is 0.579. The molecule has 1 aliphatic rings. The van der Waals surface area contributed by atoms with Crippen molar-refractivity contribution < 1.29 is 33.8 Å². The molecule has 1 saturated heterocycles. The van der Waals surface area contributed by atoms with Crippen molar-refractivity contribution in [2.75, 3.05) is 13.2 Å². The van der Waals surface area contributed by atoms with Crippen LogP contribution in [0.4, 0.5) is 4.79 Å². The molecule has 2 amide bonds. The number of Topliss-reactive ketones (excluding diaryl/α,β-unsaturated/α-hetero) is 1. The summed E-state index contributed by atoms with van der Waals surface area (Å²) in [6.45, 7) is 9.94. The summed E-state index contributed by atoms with van der Waals surface area (Å²) in [5, 5.41) is 12.8. The number of ether oxygens (including phenoxy) is 2. The van der Waals surface area contributed by atoms with Crippen LogP contribution in [0, 0.1) is 5.41 Å². The van der Waals surface area contributed by atoms with Crippen LogP contribution in [-0.4, -0.2) is 70.7 Å². The summed E-state index contributed by atoms with van der Waals surface area (Å²) in [7, 11) is 0. The number of rotatable bonds is 7. The van der Waals surface area contributed by atoms with Gasteiger partial charge in [0.2, 0.25) is 5.91 Å². The van der Waals surface area contributed by atoms with E-state index in [4.69, 9.17) is 9.47 Å². The van der Waals surface area contributed by atoms with E-state index in [1.165, 1.54) is 4.90 Å². The highest BCUT2D eigenvalue weighted by Gasteiger charge is 2.45. The molecule has 1 aromatic rings. The van der Waals surface area contributed by atoms with E-state index in [1.54, 1.807) is 53.7 Å². The Morgan fingerprint density at radius 3 is 2.26 bits per heavy atom. The lowest BCUT2D eigenvalue weighted by Crippen LogP contribution is -2.57. The van der Waals surface area contributed by atoms with Gasteiger partial charge in [-0.1, -0.05) is 51.1 Å². The molecule has 1 heterocycles. The highest BCUT2D eigenvalue weighted by Crippen LogP contribution is 2.27. The second-order valence-corrected chi connectivity index (χ2v) is 10.6. The van der Waals surface area contributed by atoms with Crippen LogP contribution < -0.4 is 5.32 Å². The number of ketones is 1. The molecule has 0 bridgehead atoms. The lowest BCUT2D eigenvalue weighted by Gasteiger charge is -2.35. The number of esters is 1. The molecule has 0 aliphatic carbocycles. The van der Waals surface area contributed by atoms with Gasteiger partial charge in [-0.05, 0) is 31.7 Å². The van der Waals surface area contributed by atoms with E-state index >= 15 is 0 Å². The summed E-state index contributed by atoms with van der Waals surface area (Å²) in [5.74, 6) is -1.58. The van der Waals surface area contributed by atoms with Crippen molar-refractivity contribution in [2.24, 2.45) is 5.41 Å². The average Bonchev–Trinajstić information content (AvgIpc) is 3.10. The van der Waals surface area contributed by atoms with Crippen molar-refractivity contribution in [3.05, 3.63) is 35.9 Å². The summed E-state index contributed by atoms with van der Waals surface area (Å²) in [4.78, 5) is 51.9. The van der Waals surface area contributed by atoms with Gasteiger partial charge < -0.3 is 24.8 Å². The van der Waals surface area contributed by atoms with Gasteiger partial charge in [-0.15, -0.1) is 0 Å². The molecule has 2 N–H and O–H groups in total. The number of carbonyl (C=O) groups excluding carboxylic acids is 4. The molecule has 34 heavy (non-hydrogen) atoms. The SMILES string of the molecule is CC(C)(C)OC(=O)N[C@H](C(=O)N1C[C@H](O)C[C@H]1C(=O)OCC(=O)Cc1ccccc1)C(C)(C)C. The Labute approximate surface area is 200 Å². The van der Waals surface area contributed by atoms with E-state index in [0.717, 1.165) is 5.56 Å². The van der Waals surface area contributed by atoms with E-state index in [-0.39, 0.29) is 25.2 Å². The molecular formula is C25H36N2O7. The number of hydrogen-bond donors (Lipinski definition) is 2. The van der Waals surface area contributed by atoms with Crippen molar-refractivity contribution >= 4 is 23.8 Å². The first-order valence-corrected chi connectivity index (χ1v) is 11.4. The van der Waals surface area contributed by atoms with Crippen LogP contribution in [0.5, 0.6) is 0 Å². The molecule has 1 fully saturated rings. The van der Waals surface area contributed by atoms with E-state index in [9.17, 15) is 24.3 Å². The lowest BCUT2D eigenvalue weighted by molar-refractivity contribution is -0.156. The lowest BCUT2D eigenvalue weighted by atomic mass is 9.85. The number of aliphatic hydroxyl groups excluding tert-OH is 1. The summed E-state index contributed by atoms with van der Waals surface area (Å²) < 4.78 is 10.5. The van der Waals surface area contributed by atoms with Crippen molar-refractivity contribution in [3.8, 4) is 0 Å². The van der Waals surface area contributed by atoms with Crippen LogP contribution >= 0.6 is 0 Å². The highest BCUT2D eigenvalue weighted by molar-refractivity contribution is 5.92. The predicted octanol–water partition coefficient (Wildman–Crippen LogP) is 2.24. The van der Waals surface area contributed by atoms with Crippen LogP contribution in [0.3, 0.4) is 0 Å². The topological polar surface area (TPSA) is 122 Å². The molecule has 0 spiro atoms. The zero-order chi connectivity index (χ0) is 25.7. The Hall–Kier alpha value is -2.94. The molecule has 188 valence electrons. The fourth-order valence-electron chi connectivity index (χ4n) is 3.64. The number of nitrogens with zero attached hydrogens (tertiary/aromatic N) is 1. The van der Waals surface area contributed by atoms with Crippen LogP contribution in [0.25, 0.3) is 0 Å². The van der Waals surface area contributed by atoms with Crippen molar-refractivity contribution in [3.63, 3.8) is 0 Å². The molecule has 3 atom stereocenters. The number of hydrogen-bond acceptors (Lipinski definition) is 7. The van der Waals surface area contributed by atoms with Gasteiger partial charge >= 0.3 is 12.1 Å². The number of likely N-dealkylation sites (tertiary alicyclic amines) is 1. The molecule has 9 heteroatoms. The largest absolute Gasteiger partial charge is 0.456 e. The van der Waals surface area contributed by atoms with Crippen LogP contribution in [0.15, 0.2) is 30.3 Å². The predicted molar refractivity (Wildman–Crippen MR) is 125 cm³/mol.